The van der Waals surface area contributed by atoms with Gasteiger partial charge in [-0.25, -0.2) is 15.0 Å². The highest BCUT2D eigenvalue weighted by molar-refractivity contribution is 7.99. The number of piperazine rings is 1. The molecule has 0 unspecified atom stereocenters. The zero-order valence-electron chi connectivity index (χ0n) is 19.7. The van der Waals surface area contributed by atoms with Gasteiger partial charge in [0.2, 0.25) is 5.91 Å². The number of aliphatic imine (C=N–C) groups is 1. The van der Waals surface area contributed by atoms with Crippen molar-refractivity contribution < 1.29 is 4.79 Å². The number of likely N-dealkylation sites (N-methyl/N-ethyl adjacent to an activating group) is 1. The van der Waals surface area contributed by atoms with E-state index in [9.17, 15) is 4.79 Å². The predicted molar refractivity (Wildman–Crippen MR) is 138 cm³/mol. The number of amides is 1. The molecule has 1 amide bonds. The maximum atomic E-state index is 12.0. The molecule has 1 aromatic carbocycles. The van der Waals surface area contributed by atoms with Crippen LogP contribution in [0.25, 0.3) is 0 Å². The SMILES string of the molecule is CCN1CCN(c2cc(/N=C(N)/C=C(/C)N)nc(Sc3ccc(NC(=O)C4CC4)cc3)n2)CC1. The quantitative estimate of drug-likeness (QED) is 0.299. The third kappa shape index (κ3) is 6.71. The monoisotopic (exact) mass is 480 g/mol. The predicted octanol–water partition coefficient (Wildman–Crippen LogP) is 2.97. The molecule has 0 bridgehead atoms. The lowest BCUT2D eigenvalue weighted by Gasteiger charge is -2.34. The van der Waals surface area contributed by atoms with Crippen LogP contribution in [0.15, 0.2) is 57.1 Å². The van der Waals surface area contributed by atoms with E-state index in [-0.39, 0.29) is 11.8 Å². The number of allylic oxidation sites excluding steroid dienone is 1. The molecule has 34 heavy (non-hydrogen) atoms. The Morgan fingerprint density at radius 1 is 1.18 bits per heavy atom. The summed E-state index contributed by atoms with van der Waals surface area (Å²) in [5, 5.41) is 3.55. The molecular formula is C24H32N8OS. The summed E-state index contributed by atoms with van der Waals surface area (Å²) in [6, 6.07) is 9.60. The summed E-state index contributed by atoms with van der Waals surface area (Å²) < 4.78 is 0. The van der Waals surface area contributed by atoms with Gasteiger partial charge in [-0.15, -0.1) is 0 Å². The molecule has 1 aliphatic heterocycles. The van der Waals surface area contributed by atoms with E-state index >= 15 is 0 Å². The van der Waals surface area contributed by atoms with Gasteiger partial charge in [-0.05, 0) is 68.4 Å². The van der Waals surface area contributed by atoms with Gasteiger partial charge in [0.15, 0.2) is 11.0 Å². The Labute approximate surface area is 204 Å². The van der Waals surface area contributed by atoms with Crippen molar-refractivity contribution >= 4 is 40.8 Å². The molecule has 5 N–H and O–H groups in total. The number of rotatable bonds is 8. The largest absolute Gasteiger partial charge is 0.402 e. The first-order valence-electron chi connectivity index (χ1n) is 11.6. The van der Waals surface area contributed by atoms with Crippen LogP contribution >= 0.6 is 11.8 Å². The molecule has 4 rings (SSSR count). The van der Waals surface area contributed by atoms with Crippen LogP contribution in [-0.2, 0) is 4.79 Å². The van der Waals surface area contributed by atoms with Crippen LogP contribution in [0.1, 0.15) is 26.7 Å². The van der Waals surface area contributed by atoms with Gasteiger partial charge < -0.3 is 26.6 Å². The molecule has 9 nitrogen and oxygen atoms in total. The minimum Gasteiger partial charge on any atom is -0.402 e. The molecule has 2 aromatic rings. The van der Waals surface area contributed by atoms with E-state index in [1.807, 2.05) is 30.3 Å². The fraction of sp³-hybridized carbons (Fsp3) is 0.417. The number of benzene rings is 1. The maximum Gasteiger partial charge on any atom is 0.227 e. The van der Waals surface area contributed by atoms with Crippen molar-refractivity contribution in [1.29, 1.82) is 0 Å². The number of amidine groups is 1. The molecule has 2 aliphatic rings. The average molecular weight is 481 g/mol. The number of aromatic nitrogens is 2. The molecule has 2 heterocycles. The summed E-state index contributed by atoms with van der Waals surface area (Å²) in [7, 11) is 0. The molecule has 10 heteroatoms. The Kier molecular flexibility index (Phi) is 7.69. The molecule has 1 aliphatic carbocycles. The highest BCUT2D eigenvalue weighted by atomic mass is 32.2. The van der Waals surface area contributed by atoms with Gasteiger partial charge in [0, 0.05) is 54.4 Å². The van der Waals surface area contributed by atoms with Gasteiger partial charge in [-0.1, -0.05) is 6.92 Å². The van der Waals surface area contributed by atoms with Crippen molar-refractivity contribution in [2.75, 3.05) is 42.9 Å². The first-order valence-corrected chi connectivity index (χ1v) is 12.4. The standard InChI is InChI=1S/C24H32N8OS/c1-3-31-10-12-32(13-11-31)22-15-21(28-20(26)14-16(2)25)29-24(30-22)34-19-8-6-18(7-9-19)27-23(33)17-4-5-17/h6-9,14-15,17H,3-5,10-13,25H2,1-2H3,(H,27,33)(H2,26,28,29,30)/b16-14-. The summed E-state index contributed by atoms with van der Waals surface area (Å²) in [4.78, 5) is 31.5. The van der Waals surface area contributed by atoms with Crippen molar-refractivity contribution in [3.05, 3.63) is 42.1 Å². The van der Waals surface area contributed by atoms with E-state index in [2.05, 4.69) is 32.0 Å². The molecule has 1 saturated carbocycles. The van der Waals surface area contributed by atoms with E-state index < -0.39 is 0 Å². The topological polar surface area (TPSA) is 126 Å². The summed E-state index contributed by atoms with van der Waals surface area (Å²) in [5.74, 6) is 1.90. The van der Waals surface area contributed by atoms with Crippen LogP contribution in [0.3, 0.4) is 0 Å². The van der Waals surface area contributed by atoms with Crippen LogP contribution in [0.4, 0.5) is 17.3 Å². The first kappa shape index (κ1) is 24.0. The number of hydrogen-bond acceptors (Lipinski definition) is 8. The van der Waals surface area contributed by atoms with Crippen molar-refractivity contribution in [1.82, 2.24) is 14.9 Å². The Morgan fingerprint density at radius 2 is 1.88 bits per heavy atom. The first-order chi connectivity index (χ1) is 16.4. The van der Waals surface area contributed by atoms with E-state index in [0.717, 1.165) is 62.0 Å². The number of nitrogens with one attached hydrogen (secondary N) is 1. The fourth-order valence-electron chi connectivity index (χ4n) is 3.66. The molecule has 1 aromatic heterocycles. The molecule has 0 atom stereocenters. The van der Waals surface area contributed by atoms with Crippen LogP contribution in [0, 0.1) is 5.92 Å². The number of hydrogen-bond donors (Lipinski definition) is 3. The Balaban J connectivity index is 1.54. The van der Waals surface area contributed by atoms with E-state index in [4.69, 9.17) is 16.5 Å². The number of carbonyl (C=O) groups excluding carboxylic acids is 1. The van der Waals surface area contributed by atoms with Crippen LogP contribution in [0.2, 0.25) is 0 Å². The second kappa shape index (κ2) is 10.9. The van der Waals surface area contributed by atoms with Crippen molar-refractivity contribution in [3.8, 4) is 0 Å². The Hall–Kier alpha value is -3.11. The average Bonchev–Trinajstić information content (AvgIpc) is 3.65. The smallest absolute Gasteiger partial charge is 0.227 e. The molecule has 2 fully saturated rings. The molecule has 0 radical (unpaired) electrons. The van der Waals surface area contributed by atoms with Gasteiger partial charge in [-0.2, -0.15) is 0 Å². The van der Waals surface area contributed by atoms with Gasteiger partial charge in [-0.3, -0.25) is 4.79 Å². The van der Waals surface area contributed by atoms with Crippen molar-refractivity contribution in [2.45, 2.75) is 36.7 Å². The number of carbonyl (C=O) groups is 1. The van der Waals surface area contributed by atoms with Gasteiger partial charge in [0.05, 0.1) is 0 Å². The summed E-state index contributed by atoms with van der Waals surface area (Å²) in [5.41, 5.74) is 13.1. The zero-order valence-corrected chi connectivity index (χ0v) is 20.5. The summed E-state index contributed by atoms with van der Waals surface area (Å²) >= 11 is 1.45. The van der Waals surface area contributed by atoms with Crippen LogP contribution < -0.4 is 21.7 Å². The third-order valence-corrected chi connectivity index (χ3v) is 6.59. The molecular weight excluding hydrogens is 448 g/mol. The number of anilines is 2. The van der Waals surface area contributed by atoms with E-state index in [0.29, 0.717) is 22.5 Å². The minimum absolute atomic E-state index is 0.0986. The van der Waals surface area contributed by atoms with Gasteiger partial charge in [0.1, 0.15) is 11.7 Å². The zero-order chi connectivity index (χ0) is 24.1. The van der Waals surface area contributed by atoms with E-state index in [1.54, 1.807) is 13.0 Å². The lowest BCUT2D eigenvalue weighted by atomic mass is 10.3. The second-order valence-corrected chi connectivity index (χ2v) is 9.64. The van der Waals surface area contributed by atoms with Crippen molar-refractivity contribution in [3.63, 3.8) is 0 Å². The lowest BCUT2D eigenvalue weighted by Crippen LogP contribution is -2.46. The van der Waals surface area contributed by atoms with Crippen LogP contribution in [-0.4, -0.2) is 59.3 Å². The Bertz CT molecular complexity index is 1070. The highest BCUT2D eigenvalue weighted by Crippen LogP contribution is 2.32. The summed E-state index contributed by atoms with van der Waals surface area (Å²) in [6.07, 6.45) is 3.58. The molecule has 1 saturated heterocycles. The minimum atomic E-state index is 0.0986. The number of nitrogens with two attached hydrogens (primary N) is 2. The lowest BCUT2D eigenvalue weighted by molar-refractivity contribution is -0.117. The fourth-order valence-corrected chi connectivity index (χ4v) is 4.42. The normalized spacial score (nSPS) is 17.6. The van der Waals surface area contributed by atoms with Gasteiger partial charge in [0.25, 0.3) is 0 Å². The van der Waals surface area contributed by atoms with E-state index in [1.165, 1.54) is 11.8 Å². The van der Waals surface area contributed by atoms with Crippen molar-refractivity contribution in [2.24, 2.45) is 22.4 Å². The number of nitrogens with zero attached hydrogens (tertiary/aromatic N) is 5. The van der Waals surface area contributed by atoms with Crippen LogP contribution in [0.5, 0.6) is 0 Å². The maximum absolute atomic E-state index is 12.0. The summed E-state index contributed by atoms with van der Waals surface area (Å²) in [6.45, 7) is 8.77. The van der Waals surface area contributed by atoms with Gasteiger partial charge >= 0.3 is 0 Å². The third-order valence-electron chi connectivity index (χ3n) is 5.72. The Morgan fingerprint density at radius 3 is 2.50 bits per heavy atom. The second-order valence-electron chi connectivity index (χ2n) is 8.60. The molecule has 0 spiro atoms. The highest BCUT2D eigenvalue weighted by Gasteiger charge is 2.29. The molecule has 180 valence electrons.